The molecule has 2 nitrogen and oxygen atoms in total. The molecule has 0 spiro atoms. The summed E-state index contributed by atoms with van der Waals surface area (Å²) in [7, 11) is 1.62. The smallest absolute Gasteiger partial charge is 0.164 e. The number of methoxy groups -OCH3 is 1. The lowest BCUT2D eigenvalue weighted by Gasteiger charge is -2.35. The van der Waals surface area contributed by atoms with Crippen LogP contribution in [0.25, 0.3) is 0 Å². The summed E-state index contributed by atoms with van der Waals surface area (Å²) in [6.07, 6.45) is 13.5. The van der Waals surface area contributed by atoms with Crippen molar-refractivity contribution in [3.63, 3.8) is 0 Å². The Morgan fingerprint density at radius 3 is 2.32 bits per heavy atom. The Morgan fingerprint density at radius 2 is 1.86 bits per heavy atom. The first kappa shape index (κ1) is 21.0. The molecule has 22 heavy (non-hydrogen) atoms. The highest BCUT2D eigenvalue weighted by Gasteiger charge is 2.31. The summed E-state index contributed by atoms with van der Waals surface area (Å²) >= 11 is 0. The summed E-state index contributed by atoms with van der Waals surface area (Å²) in [5.74, 6) is 2.03. The summed E-state index contributed by atoms with van der Waals surface area (Å²) in [4.78, 5) is 0. The predicted octanol–water partition coefficient (Wildman–Crippen LogP) is 5.50. The highest BCUT2D eigenvalue weighted by atomic mass is 16.7. The van der Waals surface area contributed by atoms with Crippen molar-refractivity contribution < 1.29 is 9.47 Å². The van der Waals surface area contributed by atoms with E-state index in [1.807, 2.05) is 26.8 Å². The monoisotopic (exact) mass is 306 g/mol. The van der Waals surface area contributed by atoms with Gasteiger partial charge in [-0.3, -0.25) is 0 Å². The second-order valence-corrected chi connectivity index (χ2v) is 7.22. The van der Waals surface area contributed by atoms with Gasteiger partial charge in [0.25, 0.3) is 0 Å². The standard InChI is InChI=1S/C19H30O2.CH4/c1-9-19(7,21-18(5,6)20-8)14-12-16-15(2)11-10-13-17(16,3)4;/h1,12,14H,10-11,13H2,2-8H3;1H4/b14-12+;. The van der Waals surface area contributed by atoms with Crippen LogP contribution in [-0.4, -0.2) is 18.5 Å². The van der Waals surface area contributed by atoms with Crippen molar-refractivity contribution in [2.24, 2.45) is 5.41 Å². The van der Waals surface area contributed by atoms with E-state index in [-0.39, 0.29) is 12.8 Å². The Kier molecular flexibility index (Phi) is 7.13. The number of allylic oxidation sites excluding steroid dienone is 3. The van der Waals surface area contributed by atoms with E-state index in [1.165, 1.54) is 30.4 Å². The largest absolute Gasteiger partial charge is 0.354 e. The Bertz CT molecular complexity index is 474. The fourth-order valence-electron chi connectivity index (χ4n) is 2.92. The van der Waals surface area contributed by atoms with Gasteiger partial charge < -0.3 is 9.47 Å². The highest BCUT2D eigenvalue weighted by molar-refractivity contribution is 5.35. The van der Waals surface area contributed by atoms with Gasteiger partial charge in [-0.05, 0) is 64.0 Å². The van der Waals surface area contributed by atoms with Crippen LogP contribution in [0.2, 0.25) is 0 Å². The number of rotatable bonds is 5. The minimum absolute atomic E-state index is 0. The van der Waals surface area contributed by atoms with E-state index in [1.54, 1.807) is 7.11 Å². The Morgan fingerprint density at radius 1 is 1.27 bits per heavy atom. The van der Waals surface area contributed by atoms with E-state index in [2.05, 4.69) is 32.8 Å². The SMILES string of the molecule is C.C#CC(C)(/C=C/C1=C(C)CCCC1(C)C)OC(C)(C)OC. The van der Waals surface area contributed by atoms with Gasteiger partial charge in [0.05, 0.1) is 0 Å². The molecule has 0 heterocycles. The van der Waals surface area contributed by atoms with Gasteiger partial charge in [0.2, 0.25) is 0 Å². The van der Waals surface area contributed by atoms with Crippen LogP contribution in [0.4, 0.5) is 0 Å². The maximum atomic E-state index is 5.95. The van der Waals surface area contributed by atoms with Gasteiger partial charge in [0.1, 0.15) is 5.60 Å². The summed E-state index contributed by atoms with van der Waals surface area (Å²) in [5.41, 5.74) is 2.26. The topological polar surface area (TPSA) is 18.5 Å². The molecule has 0 amide bonds. The number of ether oxygens (including phenoxy) is 2. The molecular formula is C20H34O2. The van der Waals surface area contributed by atoms with Crippen LogP contribution >= 0.6 is 0 Å². The van der Waals surface area contributed by atoms with Gasteiger partial charge in [0.15, 0.2) is 5.79 Å². The quantitative estimate of drug-likeness (QED) is 0.493. The number of hydrogen-bond donors (Lipinski definition) is 0. The molecule has 0 aromatic heterocycles. The zero-order chi connectivity index (χ0) is 16.3. The predicted molar refractivity (Wildman–Crippen MR) is 95.6 cm³/mol. The zero-order valence-corrected chi connectivity index (χ0v) is 14.7. The number of hydrogen-bond acceptors (Lipinski definition) is 2. The Balaban J connectivity index is 0.00000441. The average molecular weight is 306 g/mol. The molecule has 2 heteroatoms. The van der Waals surface area contributed by atoms with Crippen LogP contribution in [0.15, 0.2) is 23.3 Å². The Hall–Kier alpha value is -1.04. The lowest BCUT2D eigenvalue weighted by Crippen LogP contribution is -2.38. The van der Waals surface area contributed by atoms with Gasteiger partial charge in [-0.15, -0.1) is 6.42 Å². The molecule has 1 unspecified atom stereocenters. The van der Waals surface area contributed by atoms with Crippen molar-refractivity contribution in [1.29, 1.82) is 0 Å². The lowest BCUT2D eigenvalue weighted by molar-refractivity contribution is -0.227. The Labute approximate surface area is 138 Å². The van der Waals surface area contributed by atoms with Crippen LogP contribution < -0.4 is 0 Å². The third-order valence-electron chi connectivity index (χ3n) is 4.35. The molecule has 0 aromatic rings. The van der Waals surface area contributed by atoms with E-state index in [4.69, 9.17) is 15.9 Å². The second-order valence-electron chi connectivity index (χ2n) is 7.22. The van der Waals surface area contributed by atoms with Gasteiger partial charge >= 0.3 is 0 Å². The molecule has 0 bridgehead atoms. The third kappa shape index (κ3) is 5.30. The van der Waals surface area contributed by atoms with Gasteiger partial charge in [-0.1, -0.05) is 38.8 Å². The van der Waals surface area contributed by atoms with Crippen molar-refractivity contribution in [3.8, 4) is 12.3 Å². The van der Waals surface area contributed by atoms with Crippen molar-refractivity contribution in [2.45, 2.75) is 79.6 Å². The van der Waals surface area contributed by atoms with E-state index in [0.29, 0.717) is 0 Å². The molecule has 0 N–H and O–H groups in total. The van der Waals surface area contributed by atoms with Crippen LogP contribution in [-0.2, 0) is 9.47 Å². The summed E-state index contributed by atoms with van der Waals surface area (Å²) in [6, 6.07) is 0. The fraction of sp³-hybridized carbons (Fsp3) is 0.700. The molecule has 0 saturated heterocycles. The first-order valence-corrected chi connectivity index (χ1v) is 7.68. The maximum absolute atomic E-state index is 5.95. The van der Waals surface area contributed by atoms with Crippen molar-refractivity contribution >= 4 is 0 Å². The highest BCUT2D eigenvalue weighted by Crippen LogP contribution is 2.41. The molecule has 1 aliphatic carbocycles. The molecule has 0 aromatic carbocycles. The van der Waals surface area contributed by atoms with Crippen LogP contribution in [0.5, 0.6) is 0 Å². The van der Waals surface area contributed by atoms with Crippen LogP contribution in [0.3, 0.4) is 0 Å². The van der Waals surface area contributed by atoms with E-state index in [0.717, 1.165) is 0 Å². The molecule has 0 aliphatic heterocycles. The van der Waals surface area contributed by atoms with Crippen LogP contribution in [0, 0.1) is 17.8 Å². The number of terminal acetylenes is 1. The molecule has 0 saturated carbocycles. The van der Waals surface area contributed by atoms with E-state index < -0.39 is 11.4 Å². The molecule has 1 atom stereocenters. The molecule has 0 fully saturated rings. The first-order valence-electron chi connectivity index (χ1n) is 7.68. The van der Waals surface area contributed by atoms with Crippen molar-refractivity contribution in [1.82, 2.24) is 0 Å². The molecular weight excluding hydrogens is 272 g/mol. The lowest BCUT2D eigenvalue weighted by atomic mass is 9.72. The average Bonchev–Trinajstić information content (AvgIpc) is 2.37. The van der Waals surface area contributed by atoms with Gasteiger partial charge in [0, 0.05) is 7.11 Å². The maximum Gasteiger partial charge on any atom is 0.164 e. The second kappa shape index (κ2) is 7.49. The van der Waals surface area contributed by atoms with Gasteiger partial charge in [-0.2, -0.15) is 0 Å². The minimum Gasteiger partial charge on any atom is -0.354 e. The van der Waals surface area contributed by atoms with Gasteiger partial charge in [-0.25, -0.2) is 0 Å². The summed E-state index contributed by atoms with van der Waals surface area (Å²) in [5, 5.41) is 0. The molecule has 1 aliphatic rings. The molecule has 0 radical (unpaired) electrons. The molecule has 1 rings (SSSR count). The van der Waals surface area contributed by atoms with Crippen LogP contribution in [0.1, 0.15) is 68.2 Å². The van der Waals surface area contributed by atoms with Crippen molar-refractivity contribution in [2.75, 3.05) is 7.11 Å². The minimum atomic E-state index is -0.777. The first-order chi connectivity index (χ1) is 9.55. The molecule has 126 valence electrons. The third-order valence-corrected chi connectivity index (χ3v) is 4.35. The van der Waals surface area contributed by atoms with E-state index >= 15 is 0 Å². The van der Waals surface area contributed by atoms with Crippen molar-refractivity contribution in [3.05, 3.63) is 23.3 Å². The summed E-state index contributed by atoms with van der Waals surface area (Å²) < 4.78 is 11.3. The normalized spacial score (nSPS) is 21.2. The fourth-order valence-corrected chi connectivity index (χ4v) is 2.92. The summed E-state index contributed by atoms with van der Waals surface area (Å²) in [6.45, 7) is 12.4. The van der Waals surface area contributed by atoms with E-state index in [9.17, 15) is 0 Å². The zero-order valence-electron chi connectivity index (χ0n) is 14.7.